The number of phenols is 2. The number of hydrogen-bond donors (Lipinski definition) is 2. The lowest BCUT2D eigenvalue weighted by Crippen LogP contribution is -2.09. The molecule has 1 aliphatic heterocycles. The van der Waals surface area contributed by atoms with E-state index in [1.807, 2.05) is 0 Å². The number of rotatable bonds is 9. The van der Waals surface area contributed by atoms with E-state index in [4.69, 9.17) is 44.3 Å². The molecule has 2 aromatic rings. The van der Waals surface area contributed by atoms with Gasteiger partial charge in [0.25, 0.3) is 0 Å². The number of phenolic OH excluding ortho intramolecular Hbond substituents is 2. The molecule has 170 valence electrons. The van der Waals surface area contributed by atoms with E-state index in [9.17, 15) is 10.2 Å². The van der Waals surface area contributed by atoms with E-state index in [1.54, 1.807) is 0 Å². The number of aromatic hydroxyl groups is 2. The maximum Gasteiger partial charge on any atom is 0.190 e. The Bertz CT molecular complexity index is 973. The lowest BCUT2D eigenvalue weighted by Gasteiger charge is -2.29. The van der Waals surface area contributed by atoms with Crippen molar-refractivity contribution < 1.29 is 19.7 Å². The first-order valence-corrected chi connectivity index (χ1v) is 12.1. The fraction of sp³-hybridized carbons (Fsp3) is 0.500. The predicted molar refractivity (Wildman–Crippen MR) is 127 cm³/mol. The summed E-state index contributed by atoms with van der Waals surface area (Å²) in [7, 11) is 0. The van der Waals surface area contributed by atoms with Gasteiger partial charge in [-0.2, -0.15) is 0 Å². The fourth-order valence-corrected chi connectivity index (χ4v) is 4.55. The van der Waals surface area contributed by atoms with Crippen LogP contribution in [-0.2, 0) is 19.3 Å². The van der Waals surface area contributed by atoms with Crippen molar-refractivity contribution in [2.45, 2.75) is 78.6 Å². The Morgan fingerprint density at radius 3 is 1.39 bits per heavy atom. The van der Waals surface area contributed by atoms with Crippen molar-refractivity contribution in [1.82, 2.24) is 0 Å². The minimum Gasteiger partial charge on any atom is -0.504 e. The second kappa shape index (κ2) is 10.4. The number of fused-ring (bicyclic) bond motifs is 2. The Morgan fingerprint density at radius 2 is 0.935 bits per heavy atom. The molecule has 1 heterocycles. The summed E-state index contributed by atoms with van der Waals surface area (Å²) in [5.74, 6) is 1.25. The molecule has 7 heteroatoms. The van der Waals surface area contributed by atoms with E-state index in [0.29, 0.717) is 58.4 Å². The highest BCUT2D eigenvalue weighted by Crippen LogP contribution is 2.60. The Hall–Kier alpha value is -1.49. The largest absolute Gasteiger partial charge is 0.504 e. The van der Waals surface area contributed by atoms with Crippen molar-refractivity contribution >= 4 is 34.8 Å². The minimum absolute atomic E-state index is 0.147. The molecule has 0 spiro atoms. The predicted octanol–water partition coefficient (Wildman–Crippen LogP) is 8.98. The van der Waals surface area contributed by atoms with Crippen LogP contribution < -0.4 is 9.47 Å². The molecular weight excluding hydrogens is 459 g/mol. The third-order valence-electron chi connectivity index (χ3n) is 5.63. The number of benzene rings is 2. The van der Waals surface area contributed by atoms with Gasteiger partial charge in [-0.3, -0.25) is 0 Å². The zero-order valence-electron chi connectivity index (χ0n) is 18.2. The van der Waals surface area contributed by atoms with Crippen LogP contribution in [0.5, 0.6) is 34.5 Å². The summed E-state index contributed by atoms with van der Waals surface area (Å²) in [6, 6.07) is 0. The van der Waals surface area contributed by atoms with E-state index >= 15 is 0 Å². The first kappa shape index (κ1) is 24.2. The second-order valence-corrected chi connectivity index (χ2v) is 9.04. The normalized spacial score (nSPS) is 12.2. The van der Waals surface area contributed by atoms with Crippen molar-refractivity contribution in [3.8, 4) is 34.5 Å². The van der Waals surface area contributed by atoms with Crippen LogP contribution in [0.3, 0.4) is 0 Å². The van der Waals surface area contributed by atoms with E-state index < -0.39 is 0 Å². The Balaban J connectivity index is 2.24. The maximum absolute atomic E-state index is 10.8. The monoisotopic (exact) mass is 486 g/mol. The molecule has 0 fully saturated rings. The smallest absolute Gasteiger partial charge is 0.190 e. The number of ether oxygens (including phenoxy) is 2. The highest BCUT2D eigenvalue weighted by molar-refractivity contribution is 6.49. The molecular formula is C24H29Cl3O4. The first-order valence-electron chi connectivity index (χ1n) is 11.0. The van der Waals surface area contributed by atoms with Crippen LogP contribution in [0.15, 0.2) is 0 Å². The van der Waals surface area contributed by atoms with Crippen LogP contribution in [-0.4, -0.2) is 10.2 Å². The summed E-state index contributed by atoms with van der Waals surface area (Å²) < 4.78 is 12.7. The maximum atomic E-state index is 10.8. The molecule has 31 heavy (non-hydrogen) atoms. The Morgan fingerprint density at radius 1 is 0.548 bits per heavy atom. The standard InChI is InChI=1S/C24H29Cl3O4/c1-4-7-10-13-16(25)17(26)18(27)24-21(13)30-22-14(11-8-5-2)19(28)20(29)15(12-9-6-3)23(22)31-24/h28-29H,4-12H2,1-3H3. The van der Waals surface area contributed by atoms with Crippen molar-refractivity contribution in [3.63, 3.8) is 0 Å². The highest BCUT2D eigenvalue weighted by atomic mass is 35.5. The Labute approximate surface area is 199 Å². The van der Waals surface area contributed by atoms with E-state index in [-0.39, 0.29) is 21.5 Å². The summed E-state index contributed by atoms with van der Waals surface area (Å²) in [6.45, 7) is 6.22. The topological polar surface area (TPSA) is 58.9 Å². The van der Waals surface area contributed by atoms with Crippen molar-refractivity contribution in [2.75, 3.05) is 0 Å². The van der Waals surface area contributed by atoms with Crippen molar-refractivity contribution in [1.29, 1.82) is 0 Å². The van der Waals surface area contributed by atoms with Crippen molar-refractivity contribution in [2.24, 2.45) is 0 Å². The van der Waals surface area contributed by atoms with Gasteiger partial charge in [0, 0.05) is 16.7 Å². The SMILES string of the molecule is CCCCc1c(Cl)c(Cl)c(Cl)c2c1Oc1c(CCCC)c(O)c(O)c(CCCC)c1O2. The summed E-state index contributed by atoms with van der Waals surface area (Å²) in [5.41, 5.74) is 1.78. The lowest BCUT2D eigenvalue weighted by molar-refractivity contribution is 0.332. The molecule has 0 bridgehead atoms. The molecule has 0 saturated heterocycles. The van der Waals surface area contributed by atoms with Gasteiger partial charge in [-0.25, -0.2) is 0 Å². The van der Waals surface area contributed by atoms with Gasteiger partial charge in [-0.05, 0) is 38.5 Å². The summed E-state index contributed by atoms with van der Waals surface area (Å²) >= 11 is 19.5. The number of unbranched alkanes of at least 4 members (excludes halogenated alkanes) is 3. The summed E-state index contributed by atoms with van der Waals surface area (Å²) in [6.07, 6.45) is 7.11. The van der Waals surface area contributed by atoms with Gasteiger partial charge >= 0.3 is 0 Å². The van der Waals surface area contributed by atoms with Gasteiger partial charge in [0.1, 0.15) is 5.02 Å². The van der Waals surface area contributed by atoms with Gasteiger partial charge in [0.2, 0.25) is 0 Å². The summed E-state index contributed by atoms with van der Waals surface area (Å²) in [5, 5.41) is 22.4. The fourth-order valence-electron chi connectivity index (χ4n) is 3.81. The molecule has 0 aromatic heterocycles. The van der Waals surface area contributed by atoms with E-state index in [2.05, 4.69) is 20.8 Å². The van der Waals surface area contributed by atoms with Crippen LogP contribution in [0.2, 0.25) is 15.1 Å². The number of hydrogen-bond acceptors (Lipinski definition) is 4. The molecule has 2 aromatic carbocycles. The molecule has 2 N–H and O–H groups in total. The highest BCUT2D eigenvalue weighted by Gasteiger charge is 2.35. The van der Waals surface area contributed by atoms with Crippen LogP contribution in [0.25, 0.3) is 0 Å². The molecule has 0 radical (unpaired) electrons. The number of halogens is 3. The zero-order chi connectivity index (χ0) is 22.7. The average molecular weight is 488 g/mol. The first-order chi connectivity index (χ1) is 14.9. The van der Waals surface area contributed by atoms with Gasteiger partial charge in [-0.15, -0.1) is 0 Å². The lowest BCUT2D eigenvalue weighted by atomic mass is 9.97. The van der Waals surface area contributed by atoms with Gasteiger partial charge in [-0.1, -0.05) is 74.8 Å². The molecule has 0 atom stereocenters. The Kier molecular flexibility index (Phi) is 8.12. The molecule has 0 amide bonds. The third kappa shape index (κ3) is 4.53. The molecule has 0 saturated carbocycles. The van der Waals surface area contributed by atoms with Crippen LogP contribution >= 0.6 is 34.8 Å². The van der Waals surface area contributed by atoms with Crippen LogP contribution in [0, 0.1) is 0 Å². The minimum atomic E-state index is -0.159. The van der Waals surface area contributed by atoms with Gasteiger partial charge in [0.15, 0.2) is 34.5 Å². The quantitative estimate of drug-likeness (QED) is 0.233. The molecule has 3 rings (SSSR count). The van der Waals surface area contributed by atoms with Gasteiger partial charge < -0.3 is 19.7 Å². The molecule has 0 unspecified atom stereocenters. The molecule has 0 aliphatic carbocycles. The van der Waals surface area contributed by atoms with Crippen LogP contribution in [0.1, 0.15) is 76.0 Å². The van der Waals surface area contributed by atoms with E-state index in [1.165, 1.54) is 0 Å². The van der Waals surface area contributed by atoms with Crippen molar-refractivity contribution in [3.05, 3.63) is 31.8 Å². The zero-order valence-corrected chi connectivity index (χ0v) is 20.5. The molecule has 1 aliphatic rings. The van der Waals surface area contributed by atoms with Crippen LogP contribution in [0.4, 0.5) is 0 Å². The third-order valence-corrected chi connectivity index (χ3v) is 6.98. The average Bonchev–Trinajstić information content (AvgIpc) is 2.77. The molecule has 4 nitrogen and oxygen atoms in total. The van der Waals surface area contributed by atoms with Gasteiger partial charge in [0.05, 0.1) is 10.0 Å². The summed E-state index contributed by atoms with van der Waals surface area (Å²) in [4.78, 5) is 0. The second-order valence-electron chi connectivity index (χ2n) is 7.91. The van der Waals surface area contributed by atoms with E-state index in [0.717, 1.165) is 44.1 Å².